The van der Waals surface area contributed by atoms with Gasteiger partial charge < -0.3 is 4.74 Å². The average Bonchev–Trinajstić information content (AvgIpc) is 2.82. The van der Waals surface area contributed by atoms with Gasteiger partial charge in [-0.05, 0) is 19.3 Å². The van der Waals surface area contributed by atoms with Crippen LogP contribution in [-0.4, -0.2) is 18.4 Å². The Bertz CT molecular complexity index is 432. The van der Waals surface area contributed by atoms with E-state index in [-0.39, 0.29) is 5.97 Å². The van der Waals surface area contributed by atoms with E-state index in [1.54, 1.807) is 0 Å². The van der Waals surface area contributed by atoms with Gasteiger partial charge >= 0.3 is 5.97 Å². The van der Waals surface area contributed by atoms with Crippen LogP contribution in [0.3, 0.4) is 0 Å². The van der Waals surface area contributed by atoms with Crippen molar-refractivity contribution < 1.29 is 14.3 Å². The molecule has 202 valence electrons. The Hall–Kier alpha value is -0.860. The summed E-state index contributed by atoms with van der Waals surface area (Å²) >= 11 is 0. The second-order valence-corrected chi connectivity index (χ2v) is 10.5. The van der Waals surface area contributed by atoms with Crippen molar-refractivity contribution in [2.24, 2.45) is 0 Å². The molecule has 0 rings (SSSR count). The number of Topliss-reactive ketones (excluding diaryl/α,β-unsaturated/α-hetero) is 1. The lowest BCUT2D eigenvalue weighted by Gasteiger charge is -2.04. The van der Waals surface area contributed by atoms with E-state index in [0.717, 1.165) is 38.5 Å². The molecule has 0 heterocycles. The summed E-state index contributed by atoms with van der Waals surface area (Å²) in [6.45, 7) is 4.32. The SMILES string of the molecule is CCCCCCCCCCCCCCCCCCC(=O)CCCCCCCCCCOC(C)=O. The molecular formula is C31H60O3. The van der Waals surface area contributed by atoms with E-state index in [1.165, 1.54) is 135 Å². The molecule has 0 radical (unpaired) electrons. The molecule has 0 saturated heterocycles. The van der Waals surface area contributed by atoms with Gasteiger partial charge in [-0.3, -0.25) is 9.59 Å². The van der Waals surface area contributed by atoms with Crippen molar-refractivity contribution in [2.75, 3.05) is 6.61 Å². The first-order valence-corrected chi connectivity index (χ1v) is 15.3. The number of hydrogen-bond acceptors (Lipinski definition) is 3. The van der Waals surface area contributed by atoms with Gasteiger partial charge in [-0.25, -0.2) is 0 Å². The number of carbonyl (C=O) groups is 2. The van der Waals surface area contributed by atoms with Gasteiger partial charge in [-0.1, -0.05) is 142 Å². The van der Waals surface area contributed by atoms with Gasteiger partial charge in [0.1, 0.15) is 5.78 Å². The van der Waals surface area contributed by atoms with Crippen LogP contribution >= 0.6 is 0 Å². The number of hydrogen-bond donors (Lipinski definition) is 0. The van der Waals surface area contributed by atoms with Crippen molar-refractivity contribution in [2.45, 2.75) is 181 Å². The highest BCUT2D eigenvalue weighted by Crippen LogP contribution is 2.15. The Morgan fingerprint density at radius 1 is 0.441 bits per heavy atom. The second-order valence-electron chi connectivity index (χ2n) is 10.5. The predicted octanol–water partition coefficient (Wildman–Crippen LogP) is 10.3. The minimum absolute atomic E-state index is 0.177. The summed E-state index contributed by atoms with van der Waals surface area (Å²) in [6.07, 6.45) is 33.1. The molecule has 0 aromatic carbocycles. The maximum Gasteiger partial charge on any atom is 0.302 e. The van der Waals surface area contributed by atoms with E-state index < -0.39 is 0 Å². The molecule has 0 atom stereocenters. The maximum absolute atomic E-state index is 12.0. The molecule has 0 bridgehead atoms. The van der Waals surface area contributed by atoms with Crippen LogP contribution in [-0.2, 0) is 14.3 Å². The largest absolute Gasteiger partial charge is 0.466 e. The fraction of sp³-hybridized carbons (Fsp3) is 0.935. The van der Waals surface area contributed by atoms with Crippen LogP contribution in [0.4, 0.5) is 0 Å². The van der Waals surface area contributed by atoms with Gasteiger partial charge in [0.2, 0.25) is 0 Å². The fourth-order valence-corrected chi connectivity index (χ4v) is 4.70. The topological polar surface area (TPSA) is 43.4 Å². The van der Waals surface area contributed by atoms with E-state index in [9.17, 15) is 9.59 Å². The highest BCUT2D eigenvalue weighted by molar-refractivity contribution is 5.78. The normalized spacial score (nSPS) is 11.1. The Morgan fingerprint density at radius 2 is 0.735 bits per heavy atom. The van der Waals surface area contributed by atoms with Crippen molar-refractivity contribution in [1.29, 1.82) is 0 Å². The van der Waals surface area contributed by atoms with Gasteiger partial charge in [-0.2, -0.15) is 0 Å². The molecule has 0 saturated carbocycles. The number of carbonyl (C=O) groups excluding carboxylic acids is 2. The third-order valence-electron chi connectivity index (χ3n) is 6.96. The summed E-state index contributed by atoms with van der Waals surface area (Å²) < 4.78 is 4.94. The highest BCUT2D eigenvalue weighted by atomic mass is 16.5. The molecule has 0 aliphatic rings. The zero-order chi connectivity index (χ0) is 25.0. The number of unbranched alkanes of at least 4 members (excludes halogenated alkanes) is 22. The highest BCUT2D eigenvalue weighted by Gasteiger charge is 2.02. The number of ether oxygens (including phenoxy) is 1. The molecule has 0 aliphatic heterocycles. The smallest absolute Gasteiger partial charge is 0.302 e. The lowest BCUT2D eigenvalue weighted by atomic mass is 10.0. The minimum Gasteiger partial charge on any atom is -0.466 e. The summed E-state index contributed by atoms with van der Waals surface area (Å²) in [5, 5.41) is 0. The van der Waals surface area contributed by atoms with Gasteiger partial charge in [0.15, 0.2) is 0 Å². The lowest BCUT2D eigenvalue weighted by Crippen LogP contribution is -2.00. The predicted molar refractivity (Wildman–Crippen MR) is 147 cm³/mol. The summed E-state index contributed by atoms with van der Waals surface area (Å²) in [5.74, 6) is 0.306. The van der Waals surface area contributed by atoms with Crippen molar-refractivity contribution in [3.8, 4) is 0 Å². The van der Waals surface area contributed by atoms with Crippen molar-refractivity contribution >= 4 is 11.8 Å². The Balaban J connectivity index is 3.15. The molecule has 0 fully saturated rings. The maximum atomic E-state index is 12.0. The van der Waals surface area contributed by atoms with Crippen LogP contribution in [0.5, 0.6) is 0 Å². The quantitative estimate of drug-likeness (QED) is 0.0826. The Labute approximate surface area is 213 Å². The molecule has 3 nitrogen and oxygen atoms in total. The standard InChI is InChI=1S/C31H60O3/c1-3-4-5-6-7-8-9-10-11-12-13-14-15-18-21-24-27-31(33)28-25-22-19-16-17-20-23-26-29-34-30(2)32/h3-29H2,1-2H3. The Kier molecular flexibility index (Phi) is 27.7. The first kappa shape index (κ1) is 33.1. The van der Waals surface area contributed by atoms with Crippen LogP contribution < -0.4 is 0 Å². The van der Waals surface area contributed by atoms with Gasteiger partial charge in [0, 0.05) is 19.8 Å². The number of rotatable bonds is 28. The summed E-state index contributed by atoms with van der Waals surface area (Å²) in [7, 11) is 0. The molecule has 0 amide bonds. The average molecular weight is 481 g/mol. The molecule has 0 aromatic heterocycles. The molecule has 0 spiro atoms. The summed E-state index contributed by atoms with van der Waals surface area (Å²) in [6, 6.07) is 0. The zero-order valence-electron chi connectivity index (χ0n) is 23.3. The van der Waals surface area contributed by atoms with E-state index in [2.05, 4.69) is 6.92 Å². The minimum atomic E-state index is -0.177. The van der Waals surface area contributed by atoms with E-state index in [1.807, 2.05) is 0 Å². The molecule has 3 heteroatoms. The fourth-order valence-electron chi connectivity index (χ4n) is 4.70. The van der Waals surface area contributed by atoms with Crippen LogP contribution in [0, 0.1) is 0 Å². The molecule has 0 aromatic rings. The van der Waals surface area contributed by atoms with E-state index in [4.69, 9.17) is 4.74 Å². The van der Waals surface area contributed by atoms with Crippen LogP contribution in [0.25, 0.3) is 0 Å². The number of esters is 1. The summed E-state index contributed by atoms with van der Waals surface area (Å²) in [5.41, 5.74) is 0. The molecular weight excluding hydrogens is 420 g/mol. The summed E-state index contributed by atoms with van der Waals surface area (Å²) in [4.78, 5) is 22.7. The molecule has 0 unspecified atom stereocenters. The monoisotopic (exact) mass is 480 g/mol. The second kappa shape index (κ2) is 28.4. The Morgan fingerprint density at radius 3 is 1.06 bits per heavy atom. The van der Waals surface area contributed by atoms with Gasteiger partial charge in [-0.15, -0.1) is 0 Å². The lowest BCUT2D eigenvalue weighted by molar-refractivity contribution is -0.141. The van der Waals surface area contributed by atoms with Gasteiger partial charge in [0.05, 0.1) is 6.61 Å². The van der Waals surface area contributed by atoms with Crippen molar-refractivity contribution in [3.05, 3.63) is 0 Å². The molecule has 0 aliphatic carbocycles. The van der Waals surface area contributed by atoms with Crippen molar-refractivity contribution in [3.63, 3.8) is 0 Å². The van der Waals surface area contributed by atoms with Crippen LogP contribution in [0.1, 0.15) is 181 Å². The van der Waals surface area contributed by atoms with E-state index in [0.29, 0.717) is 12.4 Å². The number of ketones is 1. The third kappa shape index (κ3) is 29.2. The molecule has 0 N–H and O–H groups in total. The first-order chi connectivity index (χ1) is 16.7. The molecule has 34 heavy (non-hydrogen) atoms. The van der Waals surface area contributed by atoms with E-state index >= 15 is 0 Å². The zero-order valence-corrected chi connectivity index (χ0v) is 23.3. The van der Waals surface area contributed by atoms with Crippen LogP contribution in [0.2, 0.25) is 0 Å². The van der Waals surface area contributed by atoms with Crippen LogP contribution in [0.15, 0.2) is 0 Å². The third-order valence-corrected chi connectivity index (χ3v) is 6.96. The van der Waals surface area contributed by atoms with Crippen molar-refractivity contribution in [1.82, 2.24) is 0 Å². The van der Waals surface area contributed by atoms with Gasteiger partial charge in [0.25, 0.3) is 0 Å². The first-order valence-electron chi connectivity index (χ1n) is 15.3.